The van der Waals surface area contributed by atoms with Crippen LogP contribution in [0.4, 0.5) is 16.2 Å². The number of urea groups is 1. The van der Waals surface area contributed by atoms with Crippen LogP contribution in [0.25, 0.3) is 0 Å². The van der Waals surface area contributed by atoms with E-state index < -0.39 is 5.54 Å². The number of nitriles is 1. The Labute approximate surface area is 193 Å². The number of methoxy groups -OCH3 is 1. The standard InChI is InChI=1S/C27H25N3O3/c1-20-27(18-17-25(31)33-2,22-9-5-3-6-10-22)30(24-11-7-4-8-12-24)26(32)29(20)23-15-13-21(19-28)14-16-23/h3-16,20H,17-18H2,1-2H3. The molecular formula is C27H25N3O3. The smallest absolute Gasteiger partial charge is 0.330 e. The van der Waals surface area contributed by atoms with Crippen LogP contribution in [-0.4, -0.2) is 25.2 Å². The molecule has 2 atom stereocenters. The Morgan fingerprint density at radius 2 is 1.58 bits per heavy atom. The number of hydrogen-bond donors (Lipinski definition) is 0. The third-order valence-corrected chi connectivity index (χ3v) is 6.38. The van der Waals surface area contributed by atoms with Gasteiger partial charge in [0.1, 0.15) is 0 Å². The predicted molar refractivity (Wildman–Crippen MR) is 127 cm³/mol. The van der Waals surface area contributed by atoms with Gasteiger partial charge >= 0.3 is 12.0 Å². The maximum Gasteiger partial charge on any atom is 0.330 e. The average Bonchev–Trinajstić information content (AvgIpc) is 3.10. The van der Waals surface area contributed by atoms with Crippen molar-refractivity contribution in [3.05, 3.63) is 96.1 Å². The maximum absolute atomic E-state index is 14.0. The number of amides is 2. The molecule has 1 aliphatic heterocycles. The predicted octanol–water partition coefficient (Wildman–Crippen LogP) is 5.24. The second kappa shape index (κ2) is 9.17. The summed E-state index contributed by atoms with van der Waals surface area (Å²) in [6.07, 6.45) is 0.547. The van der Waals surface area contributed by atoms with E-state index in [9.17, 15) is 14.9 Å². The van der Waals surface area contributed by atoms with Crippen molar-refractivity contribution in [3.8, 4) is 6.07 Å². The van der Waals surface area contributed by atoms with Crippen LogP contribution in [0.3, 0.4) is 0 Å². The number of esters is 1. The van der Waals surface area contributed by atoms with Crippen LogP contribution in [0.5, 0.6) is 0 Å². The van der Waals surface area contributed by atoms with Gasteiger partial charge < -0.3 is 4.74 Å². The largest absolute Gasteiger partial charge is 0.469 e. The molecule has 0 aromatic heterocycles. The van der Waals surface area contributed by atoms with Gasteiger partial charge in [-0.3, -0.25) is 14.6 Å². The molecule has 1 saturated heterocycles. The van der Waals surface area contributed by atoms with Gasteiger partial charge in [0, 0.05) is 17.8 Å². The van der Waals surface area contributed by atoms with Crippen LogP contribution in [0, 0.1) is 11.3 Å². The third kappa shape index (κ3) is 3.83. The minimum atomic E-state index is -0.818. The van der Waals surface area contributed by atoms with Gasteiger partial charge in [-0.05, 0) is 55.3 Å². The number of ether oxygens (including phenoxy) is 1. The first kappa shape index (κ1) is 22.1. The molecule has 6 heteroatoms. The highest BCUT2D eigenvalue weighted by Crippen LogP contribution is 2.48. The summed E-state index contributed by atoms with van der Waals surface area (Å²) in [6, 6.07) is 27.9. The summed E-state index contributed by atoms with van der Waals surface area (Å²) in [6.45, 7) is 2.00. The average molecular weight is 440 g/mol. The first-order chi connectivity index (χ1) is 16.0. The molecule has 3 aromatic carbocycles. The lowest BCUT2D eigenvalue weighted by Crippen LogP contribution is -2.49. The van der Waals surface area contributed by atoms with Gasteiger partial charge in [-0.15, -0.1) is 0 Å². The van der Waals surface area contributed by atoms with Gasteiger partial charge in [-0.25, -0.2) is 4.79 Å². The highest BCUT2D eigenvalue weighted by molar-refractivity contribution is 6.08. The minimum Gasteiger partial charge on any atom is -0.469 e. The summed E-state index contributed by atoms with van der Waals surface area (Å²) in [5.41, 5.74) is 2.09. The summed E-state index contributed by atoms with van der Waals surface area (Å²) < 4.78 is 4.94. The second-order valence-corrected chi connectivity index (χ2v) is 8.02. The van der Waals surface area contributed by atoms with E-state index in [0.717, 1.165) is 11.3 Å². The Bertz CT molecular complexity index is 1170. The monoisotopic (exact) mass is 439 g/mol. The van der Waals surface area contributed by atoms with Crippen LogP contribution in [0.1, 0.15) is 30.9 Å². The van der Waals surface area contributed by atoms with E-state index in [1.165, 1.54) is 7.11 Å². The molecule has 1 aliphatic rings. The van der Waals surface area contributed by atoms with Gasteiger partial charge in [0.15, 0.2) is 0 Å². The van der Waals surface area contributed by atoms with E-state index in [4.69, 9.17) is 4.74 Å². The molecule has 6 nitrogen and oxygen atoms in total. The molecule has 2 amide bonds. The topological polar surface area (TPSA) is 73.6 Å². The van der Waals surface area contributed by atoms with E-state index >= 15 is 0 Å². The summed E-state index contributed by atoms with van der Waals surface area (Å²) in [7, 11) is 1.37. The molecule has 1 fully saturated rings. The number of rotatable bonds is 6. The van der Waals surface area contributed by atoms with E-state index in [0.29, 0.717) is 17.7 Å². The fourth-order valence-electron chi connectivity index (χ4n) is 4.75. The zero-order valence-corrected chi connectivity index (χ0v) is 18.6. The van der Waals surface area contributed by atoms with Crippen molar-refractivity contribution in [2.75, 3.05) is 16.9 Å². The molecule has 0 N–H and O–H groups in total. The third-order valence-electron chi connectivity index (χ3n) is 6.38. The van der Waals surface area contributed by atoms with Crippen LogP contribution in [0.2, 0.25) is 0 Å². The number of hydrogen-bond acceptors (Lipinski definition) is 4. The first-order valence-electron chi connectivity index (χ1n) is 10.8. The van der Waals surface area contributed by atoms with E-state index in [1.54, 1.807) is 34.1 Å². The molecule has 0 aliphatic carbocycles. The lowest BCUT2D eigenvalue weighted by atomic mass is 9.78. The van der Waals surface area contributed by atoms with Crippen molar-refractivity contribution >= 4 is 23.4 Å². The van der Waals surface area contributed by atoms with Crippen LogP contribution >= 0.6 is 0 Å². The Kier molecular flexibility index (Phi) is 6.14. The quantitative estimate of drug-likeness (QED) is 0.492. The van der Waals surface area contributed by atoms with Crippen molar-refractivity contribution < 1.29 is 14.3 Å². The van der Waals surface area contributed by atoms with Crippen molar-refractivity contribution in [1.82, 2.24) is 0 Å². The molecule has 0 spiro atoms. The zero-order valence-electron chi connectivity index (χ0n) is 18.6. The van der Waals surface area contributed by atoms with Gasteiger partial charge in [0.2, 0.25) is 0 Å². The Morgan fingerprint density at radius 3 is 2.15 bits per heavy atom. The molecular weight excluding hydrogens is 414 g/mol. The Balaban J connectivity index is 1.92. The lowest BCUT2D eigenvalue weighted by Gasteiger charge is -2.41. The molecule has 3 aromatic rings. The van der Waals surface area contributed by atoms with Crippen LogP contribution in [-0.2, 0) is 15.1 Å². The molecule has 0 saturated carbocycles. The van der Waals surface area contributed by atoms with Crippen LogP contribution in [0.15, 0.2) is 84.9 Å². The summed E-state index contributed by atoms with van der Waals surface area (Å²) >= 11 is 0. The van der Waals surface area contributed by atoms with E-state index in [1.807, 2.05) is 67.6 Å². The highest BCUT2D eigenvalue weighted by Gasteiger charge is 2.57. The van der Waals surface area contributed by atoms with Gasteiger partial charge in [-0.2, -0.15) is 5.26 Å². The van der Waals surface area contributed by atoms with Crippen molar-refractivity contribution in [2.45, 2.75) is 31.3 Å². The fraction of sp³-hybridized carbons (Fsp3) is 0.222. The molecule has 33 heavy (non-hydrogen) atoms. The fourth-order valence-corrected chi connectivity index (χ4v) is 4.75. The number of benzene rings is 3. The Hall–Kier alpha value is -4.11. The summed E-state index contributed by atoms with van der Waals surface area (Å²) in [5.74, 6) is -0.324. The van der Waals surface area contributed by atoms with E-state index in [-0.39, 0.29) is 24.5 Å². The molecule has 0 bridgehead atoms. The van der Waals surface area contributed by atoms with E-state index in [2.05, 4.69) is 6.07 Å². The zero-order chi connectivity index (χ0) is 23.4. The lowest BCUT2D eigenvalue weighted by molar-refractivity contribution is -0.141. The normalized spacial score (nSPS) is 19.9. The van der Waals surface area contributed by atoms with Crippen LogP contribution < -0.4 is 9.80 Å². The molecule has 2 unspecified atom stereocenters. The van der Waals surface area contributed by atoms with Gasteiger partial charge in [0.05, 0.1) is 30.3 Å². The number of carbonyl (C=O) groups excluding carboxylic acids is 2. The molecule has 166 valence electrons. The SMILES string of the molecule is COC(=O)CCC1(c2ccccc2)C(C)N(c2ccc(C#N)cc2)C(=O)N1c1ccccc1. The molecule has 0 radical (unpaired) electrons. The first-order valence-corrected chi connectivity index (χ1v) is 10.8. The molecule has 4 rings (SSSR count). The summed E-state index contributed by atoms with van der Waals surface area (Å²) in [4.78, 5) is 29.8. The number of nitrogens with zero attached hydrogens (tertiary/aromatic N) is 3. The number of para-hydroxylation sites is 1. The summed E-state index contributed by atoms with van der Waals surface area (Å²) in [5, 5.41) is 9.18. The van der Waals surface area contributed by atoms with Gasteiger partial charge in [0.25, 0.3) is 0 Å². The minimum absolute atomic E-state index is 0.160. The molecule has 1 heterocycles. The second-order valence-electron chi connectivity index (χ2n) is 8.02. The van der Waals surface area contributed by atoms with Crippen molar-refractivity contribution in [1.29, 1.82) is 5.26 Å². The Morgan fingerprint density at radius 1 is 0.970 bits per heavy atom. The van der Waals surface area contributed by atoms with Crippen molar-refractivity contribution in [3.63, 3.8) is 0 Å². The number of carbonyl (C=O) groups is 2. The maximum atomic E-state index is 14.0. The number of anilines is 2. The van der Waals surface area contributed by atoms with Gasteiger partial charge in [-0.1, -0.05) is 48.5 Å². The highest BCUT2D eigenvalue weighted by atomic mass is 16.5. The van der Waals surface area contributed by atoms with Crippen molar-refractivity contribution in [2.24, 2.45) is 0 Å².